The third-order valence-electron chi connectivity index (χ3n) is 20.0. The van der Waals surface area contributed by atoms with Crippen molar-refractivity contribution in [2.24, 2.45) is 14.3 Å². The molecule has 6 heterocycles. The molecule has 0 spiro atoms. The molecule has 7 atom stereocenters. The predicted octanol–water partition coefficient (Wildman–Crippen LogP) is 13.7. The molecule has 0 aliphatic carbocycles. The Morgan fingerprint density at radius 3 is 1.04 bits per heavy atom. The van der Waals surface area contributed by atoms with Crippen LogP contribution in [0, 0.1) is 0 Å². The molecule has 4 unspecified atom stereocenters. The first kappa shape index (κ1) is 86.1. The van der Waals surface area contributed by atoms with Crippen molar-refractivity contribution in [3.05, 3.63) is 0 Å². The van der Waals surface area contributed by atoms with Crippen LogP contribution in [0.3, 0.4) is 0 Å². The van der Waals surface area contributed by atoms with Gasteiger partial charge < -0.3 is 58.5 Å². The first-order chi connectivity index (χ1) is 47.9. The van der Waals surface area contributed by atoms with Crippen molar-refractivity contribution >= 4 is 48.7 Å². The van der Waals surface area contributed by atoms with E-state index in [1.807, 2.05) is 35.8 Å². The Labute approximate surface area is 598 Å². The molecule has 578 valence electrons. The number of hydrogen-bond acceptors (Lipinski definition) is 12. The second-order valence-electron chi connectivity index (χ2n) is 28.5. The summed E-state index contributed by atoms with van der Waals surface area (Å²) >= 11 is 0. The van der Waals surface area contributed by atoms with Gasteiger partial charge in [-0.3, -0.25) is 18.1 Å². The van der Waals surface area contributed by atoms with Gasteiger partial charge in [-0.1, -0.05) is 207 Å². The summed E-state index contributed by atoms with van der Waals surface area (Å²) < 4.78 is 122. The van der Waals surface area contributed by atoms with Crippen LogP contribution in [0.2, 0.25) is 0 Å². The number of phosphoric ester groups is 1. The molecule has 0 radical (unpaired) electrons. The van der Waals surface area contributed by atoms with Gasteiger partial charge in [0, 0.05) is 126 Å². The maximum absolute atomic E-state index is 16.2. The van der Waals surface area contributed by atoms with Crippen LogP contribution in [0.5, 0.6) is 0 Å². The minimum Gasteiger partial charge on any atom is -0.396 e. The van der Waals surface area contributed by atoms with Gasteiger partial charge in [-0.25, -0.2) is 32.3 Å². The van der Waals surface area contributed by atoms with Crippen molar-refractivity contribution in [2.75, 3.05) is 172 Å². The van der Waals surface area contributed by atoms with Gasteiger partial charge in [0.25, 0.3) is 0 Å². The van der Waals surface area contributed by atoms with Gasteiger partial charge in [0.2, 0.25) is 17.9 Å². The van der Waals surface area contributed by atoms with E-state index in [1.54, 1.807) is 9.34 Å². The van der Waals surface area contributed by atoms with E-state index in [0.717, 1.165) is 90.4 Å². The van der Waals surface area contributed by atoms with E-state index in [-0.39, 0.29) is 92.1 Å². The zero-order chi connectivity index (χ0) is 71.0. The van der Waals surface area contributed by atoms with E-state index in [2.05, 4.69) is 40.2 Å². The number of likely N-dealkylation sites (N-methyl/N-ethyl adjacent to an activating group) is 3. The number of unbranched alkanes of at least 4 members (excludes halogenated alkanes) is 30. The highest BCUT2D eigenvalue weighted by molar-refractivity contribution is 7.55. The van der Waals surface area contributed by atoms with Gasteiger partial charge in [0.1, 0.15) is 0 Å². The van der Waals surface area contributed by atoms with Crippen molar-refractivity contribution in [3.8, 4) is 0 Å². The Balaban J connectivity index is 1.18. The van der Waals surface area contributed by atoms with Crippen LogP contribution in [0.15, 0.2) is 14.3 Å². The monoisotopic (exact) mass is 1480 g/mol. The SMILES string of the molecule is CCCCCCCCCCCCN1CCN(C)C1=NP(=O)(O)N1CCO[C@@H](COP(=O)(N=C2N(C)CCN2CCCCCCCCCCCC)N2CCO[C@@H](COP(=O)(/N=C3\N(C)CCN3CCCCCCCCCCCC)N3CCO[C@@H](COP(=O)(O)OCCCCCCO)C3)C2)C1. The first-order valence-corrected chi connectivity index (χ1v) is 45.4. The van der Waals surface area contributed by atoms with Crippen molar-refractivity contribution in [1.29, 1.82) is 0 Å². The molecule has 0 aromatic carbocycles. The number of guanidine groups is 3. The highest BCUT2D eigenvalue weighted by atomic mass is 31.2. The first-order valence-electron chi connectivity index (χ1n) is 39.3. The smallest absolute Gasteiger partial charge is 0.396 e. The normalized spacial score (nSPS) is 23.9. The molecular formula is C69H138N12O14P4. The van der Waals surface area contributed by atoms with E-state index in [1.165, 1.54) is 146 Å². The predicted molar refractivity (Wildman–Crippen MR) is 399 cm³/mol. The quantitative estimate of drug-likeness (QED) is 0.0377. The van der Waals surface area contributed by atoms with Crippen LogP contribution in [-0.2, 0) is 50.6 Å². The number of phosphoric acid groups is 1. The fourth-order valence-corrected chi connectivity index (χ4v) is 19.8. The molecule has 6 aliphatic heterocycles. The highest BCUT2D eigenvalue weighted by Crippen LogP contribution is 2.57. The summed E-state index contributed by atoms with van der Waals surface area (Å²) in [5.74, 6) is 1.66. The average Bonchev–Trinajstić information content (AvgIpc) is 1.76. The van der Waals surface area contributed by atoms with Gasteiger partial charge in [-0.15, -0.1) is 0 Å². The maximum Gasteiger partial charge on any atom is 0.472 e. The van der Waals surface area contributed by atoms with Crippen LogP contribution in [0.4, 0.5) is 0 Å². The van der Waals surface area contributed by atoms with Crippen LogP contribution in [0.25, 0.3) is 0 Å². The van der Waals surface area contributed by atoms with Gasteiger partial charge >= 0.3 is 30.8 Å². The molecule has 99 heavy (non-hydrogen) atoms. The molecule has 26 nitrogen and oxygen atoms in total. The minimum absolute atomic E-state index is 0.00749. The van der Waals surface area contributed by atoms with Crippen molar-refractivity contribution in [1.82, 2.24) is 43.4 Å². The largest absolute Gasteiger partial charge is 0.472 e. The summed E-state index contributed by atoms with van der Waals surface area (Å²) in [7, 11) is -11.3. The highest BCUT2D eigenvalue weighted by Gasteiger charge is 2.45. The third kappa shape index (κ3) is 32.1. The van der Waals surface area contributed by atoms with E-state index >= 15 is 9.13 Å². The molecule has 0 amide bonds. The summed E-state index contributed by atoms with van der Waals surface area (Å²) in [6, 6.07) is 0. The number of aliphatic hydroxyl groups excluding tert-OH is 1. The lowest BCUT2D eigenvalue weighted by atomic mass is 10.1. The summed E-state index contributed by atoms with van der Waals surface area (Å²) in [5.41, 5.74) is 0. The molecule has 0 saturated carbocycles. The zero-order valence-corrected chi connectivity index (χ0v) is 66.1. The average molecular weight is 1480 g/mol. The zero-order valence-electron chi connectivity index (χ0n) is 62.5. The number of rotatable bonds is 55. The van der Waals surface area contributed by atoms with Gasteiger partial charge in [-0.2, -0.15) is 14.3 Å². The van der Waals surface area contributed by atoms with Gasteiger partial charge in [-0.05, 0) is 32.1 Å². The molecule has 6 rings (SSSR count). The van der Waals surface area contributed by atoms with E-state index in [4.69, 9.17) is 46.9 Å². The minimum atomic E-state index is -4.46. The van der Waals surface area contributed by atoms with Crippen LogP contribution in [-0.4, -0.2) is 267 Å². The summed E-state index contributed by atoms with van der Waals surface area (Å²) in [6.07, 6.45) is 36.9. The van der Waals surface area contributed by atoms with E-state index < -0.39 is 49.1 Å². The van der Waals surface area contributed by atoms with Gasteiger partial charge in [0.15, 0.2) is 0 Å². The number of morpholine rings is 3. The molecule has 3 N–H and O–H groups in total. The Hall–Kier alpha value is -1.79. The lowest BCUT2D eigenvalue weighted by molar-refractivity contribution is -0.0465. The van der Waals surface area contributed by atoms with Crippen molar-refractivity contribution in [2.45, 2.75) is 257 Å². The van der Waals surface area contributed by atoms with Crippen molar-refractivity contribution < 1.29 is 65.5 Å². The fourth-order valence-electron chi connectivity index (χ4n) is 13.7. The molecule has 0 bridgehead atoms. The summed E-state index contributed by atoms with van der Waals surface area (Å²) in [4.78, 5) is 35.0. The maximum atomic E-state index is 16.2. The second kappa shape index (κ2) is 48.4. The molecule has 6 aliphatic rings. The second-order valence-corrected chi connectivity index (χ2v) is 35.8. The Bertz CT molecular complexity index is 2500. The summed E-state index contributed by atoms with van der Waals surface area (Å²) in [5, 5.41) is 9.14. The van der Waals surface area contributed by atoms with Gasteiger partial charge in [0.05, 0.1) is 64.6 Å². The third-order valence-corrected chi connectivity index (χ3v) is 26.5. The number of hydrogen-bond donors (Lipinski definition) is 3. The number of nitrogens with zero attached hydrogens (tertiary/aromatic N) is 12. The lowest BCUT2D eigenvalue weighted by Gasteiger charge is -2.39. The Morgan fingerprint density at radius 1 is 0.374 bits per heavy atom. The van der Waals surface area contributed by atoms with E-state index in [0.29, 0.717) is 63.4 Å². The lowest BCUT2D eigenvalue weighted by Crippen LogP contribution is -2.46. The number of aliphatic hydroxyl groups is 1. The fraction of sp³-hybridized carbons (Fsp3) is 0.957. The topological polar surface area (TPSA) is 260 Å². The molecular weight excluding hydrogens is 1340 g/mol. The molecule has 6 fully saturated rings. The standard InChI is InChI=1S/C69H138N12O14P4/c1-7-10-13-16-19-22-25-28-31-36-41-76-47-44-73(4)67(76)70-96(83,84)79-50-55-89-64(58-79)61-93-97(85,71-68-74(5)45-48-77(68)42-37-32-29-26-23-20-17-14-11-8-2)80-51-56-90-65(59-80)62-94-98(86,72-69-75(6)46-49-78(69)43-38-33-30-27-24-21-18-15-12-9-3)81-52-57-91-66(60-81)63-95-99(87,88)92-54-40-35-34-39-53-82/h64-66,82H,7-63H2,1-6H3,(H,83,84)(H,87,88)/b70-67?,71-68?,72-69+/t64-,65-,66-,97?,98?/m1/s1. The number of ether oxygens (including phenoxy) is 3. The van der Waals surface area contributed by atoms with E-state index in [9.17, 15) is 18.9 Å². The Kier molecular flexibility index (Phi) is 42.1. The van der Waals surface area contributed by atoms with Crippen molar-refractivity contribution in [3.63, 3.8) is 0 Å². The molecule has 30 heteroatoms. The molecule has 0 aromatic heterocycles. The molecule has 6 saturated heterocycles. The Morgan fingerprint density at radius 2 is 0.677 bits per heavy atom. The van der Waals surface area contributed by atoms with Crippen LogP contribution in [0.1, 0.15) is 239 Å². The van der Waals surface area contributed by atoms with Crippen LogP contribution < -0.4 is 0 Å². The van der Waals surface area contributed by atoms with Crippen LogP contribution >= 0.6 is 30.8 Å². The molecule has 0 aromatic rings. The summed E-state index contributed by atoms with van der Waals surface area (Å²) in [6.45, 7) is 13.7.